The molecule has 0 saturated heterocycles. The second-order valence-corrected chi connectivity index (χ2v) is 6.76. The van der Waals surface area contributed by atoms with Gasteiger partial charge in [0.1, 0.15) is 0 Å². The highest BCUT2D eigenvalue weighted by Gasteiger charge is 2.22. The van der Waals surface area contributed by atoms with Crippen LogP contribution in [-0.4, -0.2) is 14.0 Å². The lowest BCUT2D eigenvalue weighted by atomic mass is 10.1. The van der Waals surface area contributed by atoms with Crippen LogP contribution in [0.2, 0.25) is 5.02 Å². The third kappa shape index (κ3) is 4.00. The molecule has 1 N–H and O–H groups in total. The smallest absolute Gasteiger partial charge is 0.207 e. The van der Waals surface area contributed by atoms with Crippen LogP contribution in [0.3, 0.4) is 0 Å². The first kappa shape index (κ1) is 14.0. The molecular formula is C11H13ClN2O2S. The van der Waals surface area contributed by atoms with Gasteiger partial charge in [0, 0.05) is 10.6 Å². The standard InChI is InChI=1S/C11H13ClN2O2S/c1-11(2,3)14-17(15,16)10-5-8(7-13)4-9(12)6-10/h4-6,14H,1-3H3. The Morgan fingerprint density at radius 3 is 2.35 bits per heavy atom. The summed E-state index contributed by atoms with van der Waals surface area (Å²) in [5, 5.41) is 8.98. The van der Waals surface area contributed by atoms with Crippen molar-refractivity contribution in [3.05, 3.63) is 28.8 Å². The van der Waals surface area contributed by atoms with Crippen LogP contribution in [0.1, 0.15) is 26.3 Å². The van der Waals surface area contributed by atoms with E-state index in [4.69, 9.17) is 16.9 Å². The number of sulfonamides is 1. The van der Waals surface area contributed by atoms with Gasteiger partial charge in [0.25, 0.3) is 0 Å². The normalized spacial score (nSPS) is 12.2. The summed E-state index contributed by atoms with van der Waals surface area (Å²) < 4.78 is 26.5. The number of hydrogen-bond donors (Lipinski definition) is 1. The van der Waals surface area contributed by atoms with Gasteiger partial charge in [-0.1, -0.05) is 11.6 Å². The number of rotatable bonds is 2. The van der Waals surface area contributed by atoms with Crippen LogP contribution in [0.15, 0.2) is 23.1 Å². The molecule has 0 saturated carbocycles. The molecule has 0 atom stereocenters. The Labute approximate surface area is 106 Å². The van der Waals surface area contributed by atoms with E-state index < -0.39 is 15.6 Å². The van der Waals surface area contributed by atoms with Gasteiger partial charge < -0.3 is 0 Å². The number of hydrogen-bond acceptors (Lipinski definition) is 3. The van der Waals surface area contributed by atoms with Crippen LogP contribution < -0.4 is 4.72 Å². The maximum atomic E-state index is 12.0. The van der Waals surface area contributed by atoms with E-state index in [-0.39, 0.29) is 15.5 Å². The topological polar surface area (TPSA) is 70.0 Å². The first-order chi connectivity index (χ1) is 7.64. The Hall–Kier alpha value is -1.09. The van der Waals surface area contributed by atoms with Crippen molar-refractivity contribution in [1.82, 2.24) is 4.72 Å². The van der Waals surface area contributed by atoms with Crippen molar-refractivity contribution >= 4 is 21.6 Å². The zero-order valence-corrected chi connectivity index (χ0v) is 11.4. The number of nitrogens with zero attached hydrogens (tertiary/aromatic N) is 1. The molecule has 6 heteroatoms. The van der Waals surface area contributed by atoms with Crippen molar-refractivity contribution in [2.45, 2.75) is 31.2 Å². The average molecular weight is 273 g/mol. The Morgan fingerprint density at radius 2 is 1.88 bits per heavy atom. The minimum atomic E-state index is -3.66. The van der Waals surface area contributed by atoms with E-state index in [1.165, 1.54) is 18.2 Å². The van der Waals surface area contributed by atoms with Gasteiger partial charge in [-0.25, -0.2) is 13.1 Å². The third-order valence-electron chi connectivity index (χ3n) is 1.75. The number of nitrogens with one attached hydrogen (secondary N) is 1. The molecular weight excluding hydrogens is 260 g/mol. The van der Waals surface area contributed by atoms with Crippen LogP contribution >= 0.6 is 11.6 Å². The highest BCUT2D eigenvalue weighted by atomic mass is 35.5. The first-order valence-electron chi connectivity index (χ1n) is 4.89. The van der Waals surface area contributed by atoms with E-state index in [0.29, 0.717) is 0 Å². The van der Waals surface area contributed by atoms with Crippen molar-refractivity contribution in [3.8, 4) is 6.07 Å². The molecule has 0 aliphatic carbocycles. The summed E-state index contributed by atoms with van der Waals surface area (Å²) in [6.07, 6.45) is 0. The van der Waals surface area contributed by atoms with E-state index >= 15 is 0 Å². The van der Waals surface area contributed by atoms with E-state index in [0.717, 1.165) is 0 Å². The fourth-order valence-corrected chi connectivity index (χ4v) is 3.03. The molecule has 1 aromatic carbocycles. The molecule has 0 aliphatic heterocycles. The van der Waals surface area contributed by atoms with Crippen molar-refractivity contribution < 1.29 is 8.42 Å². The quantitative estimate of drug-likeness (QED) is 0.898. The molecule has 0 amide bonds. The fraction of sp³-hybridized carbons (Fsp3) is 0.364. The molecule has 0 heterocycles. The van der Waals surface area contributed by atoms with Crippen molar-refractivity contribution in [2.75, 3.05) is 0 Å². The highest BCUT2D eigenvalue weighted by Crippen LogP contribution is 2.20. The van der Waals surface area contributed by atoms with Crippen LogP contribution in [0.4, 0.5) is 0 Å². The maximum absolute atomic E-state index is 12.0. The minimum Gasteiger partial charge on any atom is -0.207 e. The largest absolute Gasteiger partial charge is 0.241 e. The lowest BCUT2D eigenvalue weighted by Gasteiger charge is -2.20. The molecule has 0 aliphatic rings. The lowest BCUT2D eigenvalue weighted by molar-refractivity contribution is 0.491. The number of nitriles is 1. The van der Waals surface area contributed by atoms with E-state index in [1.54, 1.807) is 20.8 Å². The molecule has 1 aromatic rings. The summed E-state index contributed by atoms with van der Waals surface area (Å²) >= 11 is 5.76. The summed E-state index contributed by atoms with van der Waals surface area (Å²) in [6, 6.07) is 5.89. The van der Waals surface area contributed by atoms with Crippen LogP contribution in [0.25, 0.3) is 0 Å². The van der Waals surface area contributed by atoms with E-state index in [1.807, 2.05) is 6.07 Å². The van der Waals surface area contributed by atoms with E-state index in [2.05, 4.69) is 4.72 Å². The first-order valence-corrected chi connectivity index (χ1v) is 6.75. The molecule has 0 bridgehead atoms. The number of benzene rings is 1. The van der Waals surface area contributed by atoms with Gasteiger partial charge in [-0.2, -0.15) is 5.26 Å². The SMILES string of the molecule is CC(C)(C)NS(=O)(=O)c1cc(Cl)cc(C#N)c1. The Bertz CT molecular complexity index is 568. The molecule has 0 unspecified atom stereocenters. The van der Waals surface area contributed by atoms with Crippen LogP contribution in [0.5, 0.6) is 0 Å². The summed E-state index contributed by atoms with van der Waals surface area (Å²) in [5.74, 6) is 0. The third-order valence-corrected chi connectivity index (χ3v) is 3.71. The molecule has 0 fully saturated rings. The monoisotopic (exact) mass is 272 g/mol. The lowest BCUT2D eigenvalue weighted by Crippen LogP contribution is -2.40. The number of halogens is 1. The van der Waals surface area contributed by atoms with Gasteiger partial charge in [0.15, 0.2) is 0 Å². The zero-order chi connectivity index (χ0) is 13.3. The minimum absolute atomic E-state index is 0.00326. The van der Waals surface area contributed by atoms with Gasteiger partial charge in [-0.3, -0.25) is 0 Å². The Morgan fingerprint density at radius 1 is 1.29 bits per heavy atom. The predicted octanol–water partition coefficient (Wildman–Crippen LogP) is 2.29. The summed E-state index contributed by atoms with van der Waals surface area (Å²) in [6.45, 7) is 5.21. The average Bonchev–Trinajstić information content (AvgIpc) is 2.13. The molecule has 17 heavy (non-hydrogen) atoms. The van der Waals surface area contributed by atoms with Crippen molar-refractivity contribution in [3.63, 3.8) is 0 Å². The molecule has 4 nitrogen and oxygen atoms in total. The van der Waals surface area contributed by atoms with Crippen LogP contribution in [0, 0.1) is 11.3 Å². The molecule has 0 aromatic heterocycles. The second kappa shape index (κ2) is 4.65. The van der Waals surface area contributed by atoms with Crippen molar-refractivity contribution in [2.24, 2.45) is 0 Å². The Balaban J connectivity index is 3.26. The second-order valence-electron chi connectivity index (χ2n) is 4.64. The van der Waals surface area contributed by atoms with E-state index in [9.17, 15) is 8.42 Å². The van der Waals surface area contributed by atoms with Gasteiger partial charge in [0.2, 0.25) is 10.0 Å². The zero-order valence-electron chi connectivity index (χ0n) is 9.78. The van der Waals surface area contributed by atoms with Gasteiger partial charge in [0.05, 0.1) is 16.5 Å². The van der Waals surface area contributed by atoms with Gasteiger partial charge >= 0.3 is 0 Å². The summed E-state index contributed by atoms with van der Waals surface area (Å²) in [5.41, 5.74) is -0.375. The van der Waals surface area contributed by atoms with Gasteiger partial charge in [-0.15, -0.1) is 0 Å². The molecule has 0 spiro atoms. The predicted molar refractivity (Wildman–Crippen MR) is 66.2 cm³/mol. The maximum Gasteiger partial charge on any atom is 0.241 e. The summed E-state index contributed by atoms with van der Waals surface area (Å²) in [4.78, 5) is -0.00326. The van der Waals surface area contributed by atoms with Gasteiger partial charge in [-0.05, 0) is 39.0 Å². The highest BCUT2D eigenvalue weighted by molar-refractivity contribution is 7.89. The van der Waals surface area contributed by atoms with Crippen LogP contribution in [-0.2, 0) is 10.0 Å². The molecule has 92 valence electrons. The molecule has 0 radical (unpaired) electrons. The Kier molecular flexibility index (Phi) is 3.82. The fourth-order valence-electron chi connectivity index (χ4n) is 1.24. The summed E-state index contributed by atoms with van der Waals surface area (Å²) in [7, 11) is -3.66. The molecule has 1 rings (SSSR count). The van der Waals surface area contributed by atoms with Crippen molar-refractivity contribution in [1.29, 1.82) is 5.26 Å².